The number of hydrogen-bond donors (Lipinski definition) is 3. The van der Waals surface area contributed by atoms with E-state index in [-0.39, 0.29) is 0 Å². The van der Waals surface area contributed by atoms with Gasteiger partial charge in [-0.1, -0.05) is 68.5 Å². The van der Waals surface area contributed by atoms with Crippen molar-refractivity contribution in [1.82, 2.24) is 0 Å². The van der Waals surface area contributed by atoms with Crippen LogP contribution in [0.2, 0.25) is 0 Å². The number of nitrogens with two attached hydrogens (primary N) is 1. The van der Waals surface area contributed by atoms with Gasteiger partial charge in [-0.15, -0.1) is 12.6 Å². The predicted molar refractivity (Wildman–Crippen MR) is 97.9 cm³/mol. The summed E-state index contributed by atoms with van der Waals surface area (Å²) in [5.41, 5.74) is 4.50. The predicted octanol–water partition coefficient (Wildman–Crippen LogP) is 4.91. The molecule has 0 fully saturated rings. The maximum absolute atomic E-state index is 9.37. The second kappa shape index (κ2) is 12.1. The molecule has 2 nitrogen and oxygen atoms in total. The smallest absolute Gasteiger partial charge is 0.123 e. The first-order chi connectivity index (χ1) is 10.2. The van der Waals surface area contributed by atoms with Crippen molar-refractivity contribution in [2.45, 2.75) is 19.8 Å². The monoisotopic (exact) mass is 303 g/mol. The lowest BCUT2D eigenvalue weighted by Gasteiger charge is -1.97. The third kappa shape index (κ3) is 7.59. The normalized spacial score (nSPS) is 10.0. The average molecular weight is 303 g/mol. The van der Waals surface area contributed by atoms with Gasteiger partial charge in [0.2, 0.25) is 0 Å². The van der Waals surface area contributed by atoms with Gasteiger partial charge in [0.1, 0.15) is 5.75 Å². The van der Waals surface area contributed by atoms with Gasteiger partial charge in [0.15, 0.2) is 0 Å². The average Bonchev–Trinajstić information content (AvgIpc) is 2.51. The van der Waals surface area contributed by atoms with Crippen LogP contribution in [0.25, 0.3) is 10.8 Å². The number of hydrogen-bond acceptors (Lipinski definition) is 3. The molecule has 0 saturated carbocycles. The minimum Gasteiger partial charge on any atom is -0.507 e. The Labute approximate surface area is 133 Å². The van der Waals surface area contributed by atoms with Gasteiger partial charge in [0, 0.05) is 5.39 Å². The summed E-state index contributed by atoms with van der Waals surface area (Å²) in [4.78, 5) is 1.11. The summed E-state index contributed by atoms with van der Waals surface area (Å²) >= 11 is 4.18. The van der Waals surface area contributed by atoms with E-state index >= 15 is 0 Å². The molecule has 0 aromatic heterocycles. The van der Waals surface area contributed by atoms with Crippen molar-refractivity contribution >= 4 is 23.4 Å². The SMILES string of the molecule is C=C/C=C(\S)CCC.CN.Oc1cccc2ccccc12. The number of allylic oxidation sites excluding steroid dienone is 3. The topological polar surface area (TPSA) is 46.2 Å². The molecule has 3 N–H and O–H groups in total. The quantitative estimate of drug-likeness (QED) is 0.557. The minimum absolute atomic E-state index is 0.350. The molecule has 0 radical (unpaired) electrons. The van der Waals surface area contributed by atoms with E-state index in [1.54, 1.807) is 12.1 Å². The Bertz CT molecular complexity index is 559. The number of benzene rings is 2. The van der Waals surface area contributed by atoms with Gasteiger partial charge in [-0.2, -0.15) is 0 Å². The van der Waals surface area contributed by atoms with Crippen LogP contribution in [-0.2, 0) is 0 Å². The molecule has 0 unspecified atom stereocenters. The lowest BCUT2D eigenvalue weighted by molar-refractivity contribution is 0.481. The molecule has 2 rings (SSSR count). The van der Waals surface area contributed by atoms with Crippen LogP contribution in [0.1, 0.15) is 19.8 Å². The van der Waals surface area contributed by atoms with Gasteiger partial charge >= 0.3 is 0 Å². The molecule has 0 spiro atoms. The molecule has 0 bridgehead atoms. The van der Waals surface area contributed by atoms with Crippen molar-refractivity contribution in [1.29, 1.82) is 0 Å². The van der Waals surface area contributed by atoms with Crippen molar-refractivity contribution < 1.29 is 5.11 Å². The van der Waals surface area contributed by atoms with Crippen LogP contribution >= 0.6 is 12.6 Å². The van der Waals surface area contributed by atoms with E-state index in [4.69, 9.17) is 0 Å². The fraction of sp³-hybridized carbons (Fsp3) is 0.222. The van der Waals surface area contributed by atoms with Gasteiger partial charge in [-0.05, 0) is 29.8 Å². The molecular weight excluding hydrogens is 278 g/mol. The summed E-state index contributed by atoms with van der Waals surface area (Å²) in [6, 6.07) is 13.3. The van der Waals surface area contributed by atoms with Gasteiger partial charge < -0.3 is 10.8 Å². The van der Waals surface area contributed by atoms with E-state index in [9.17, 15) is 5.11 Å². The maximum Gasteiger partial charge on any atom is 0.123 e. The molecule has 114 valence electrons. The Morgan fingerprint density at radius 3 is 2.38 bits per heavy atom. The van der Waals surface area contributed by atoms with Gasteiger partial charge in [-0.25, -0.2) is 0 Å². The highest BCUT2D eigenvalue weighted by Crippen LogP contribution is 2.22. The van der Waals surface area contributed by atoms with Gasteiger partial charge in [-0.3, -0.25) is 0 Å². The number of aromatic hydroxyl groups is 1. The fourth-order valence-corrected chi connectivity index (χ4v) is 2.01. The number of rotatable bonds is 3. The summed E-state index contributed by atoms with van der Waals surface area (Å²) in [6.45, 7) is 5.69. The largest absolute Gasteiger partial charge is 0.507 e. The van der Waals surface area contributed by atoms with Gasteiger partial charge in [0.05, 0.1) is 0 Å². The molecule has 0 heterocycles. The van der Waals surface area contributed by atoms with Crippen molar-refractivity contribution in [2.75, 3.05) is 7.05 Å². The molecule has 2 aromatic rings. The Hall–Kier alpha value is -1.71. The van der Waals surface area contributed by atoms with Gasteiger partial charge in [0.25, 0.3) is 0 Å². The van der Waals surface area contributed by atoms with Crippen LogP contribution in [0.5, 0.6) is 5.75 Å². The first-order valence-corrected chi connectivity index (χ1v) is 7.38. The van der Waals surface area contributed by atoms with Crippen LogP contribution in [0.4, 0.5) is 0 Å². The number of thiol groups is 1. The second-order valence-corrected chi connectivity index (χ2v) is 4.72. The molecule has 0 amide bonds. The van der Waals surface area contributed by atoms with E-state index in [2.05, 4.69) is 31.9 Å². The molecule has 3 heteroatoms. The Morgan fingerprint density at radius 1 is 1.19 bits per heavy atom. The lowest BCUT2D eigenvalue weighted by Crippen LogP contribution is -1.70. The molecule has 0 atom stereocenters. The van der Waals surface area contributed by atoms with Crippen LogP contribution in [0.3, 0.4) is 0 Å². The highest BCUT2D eigenvalue weighted by atomic mass is 32.1. The molecule has 2 aromatic carbocycles. The van der Waals surface area contributed by atoms with Crippen molar-refractivity contribution in [3.05, 3.63) is 66.1 Å². The zero-order valence-electron chi connectivity index (χ0n) is 12.8. The number of phenols is 1. The van der Waals surface area contributed by atoms with Crippen molar-refractivity contribution in [2.24, 2.45) is 5.73 Å². The Kier molecular flexibility index (Phi) is 11.1. The van der Waals surface area contributed by atoms with E-state index in [1.165, 1.54) is 7.05 Å². The molecular formula is C18H25NOS. The fourth-order valence-electron chi connectivity index (χ4n) is 1.68. The van der Waals surface area contributed by atoms with Crippen molar-refractivity contribution in [3.63, 3.8) is 0 Å². The summed E-state index contributed by atoms with van der Waals surface area (Å²) < 4.78 is 0. The molecule has 0 aliphatic rings. The van der Waals surface area contributed by atoms with E-state index in [0.29, 0.717) is 5.75 Å². The standard InChI is InChI=1S/C10H8O.C7H12S.CH5N/c11-10-7-3-5-8-4-1-2-6-9(8)10;1-3-5-7(8)6-4-2;1-2/h1-7,11H;3,5,8H,1,4,6H2,2H3;2H2,1H3/b;7-5-;. The highest BCUT2D eigenvalue weighted by Gasteiger charge is 1.94. The first kappa shape index (κ1) is 19.3. The third-order valence-electron chi connectivity index (χ3n) is 2.58. The number of phenolic OH excluding ortho intramolecular Hbond substituents is 1. The molecule has 0 aliphatic carbocycles. The van der Waals surface area contributed by atoms with Crippen molar-refractivity contribution in [3.8, 4) is 5.75 Å². The molecule has 0 saturated heterocycles. The summed E-state index contributed by atoms with van der Waals surface area (Å²) in [6.07, 6.45) is 5.91. The zero-order chi connectivity index (χ0) is 16.1. The van der Waals surface area contributed by atoms with Crippen LogP contribution in [0, 0.1) is 0 Å². The van der Waals surface area contributed by atoms with E-state index < -0.39 is 0 Å². The summed E-state index contributed by atoms with van der Waals surface area (Å²) in [7, 11) is 1.50. The lowest BCUT2D eigenvalue weighted by atomic mass is 10.1. The first-order valence-electron chi connectivity index (χ1n) is 6.94. The second-order valence-electron chi connectivity index (χ2n) is 4.14. The maximum atomic E-state index is 9.37. The summed E-state index contributed by atoms with van der Waals surface area (Å²) in [5, 5.41) is 11.4. The van der Waals surface area contributed by atoms with E-state index in [0.717, 1.165) is 28.5 Å². The molecule has 0 aliphatic heterocycles. The van der Waals surface area contributed by atoms with Crippen LogP contribution in [-0.4, -0.2) is 12.2 Å². The highest BCUT2D eigenvalue weighted by molar-refractivity contribution is 7.84. The number of fused-ring (bicyclic) bond motifs is 1. The zero-order valence-corrected chi connectivity index (χ0v) is 13.7. The molecule has 21 heavy (non-hydrogen) atoms. The van der Waals surface area contributed by atoms with E-state index in [1.807, 2.05) is 42.5 Å². The van der Waals surface area contributed by atoms with Crippen LogP contribution < -0.4 is 5.73 Å². The third-order valence-corrected chi connectivity index (χ3v) is 2.96. The Balaban J connectivity index is 0.000000358. The summed E-state index contributed by atoms with van der Waals surface area (Å²) in [5.74, 6) is 0.350. The Morgan fingerprint density at radius 2 is 1.81 bits per heavy atom. The minimum atomic E-state index is 0.350. The van der Waals surface area contributed by atoms with Crippen LogP contribution in [0.15, 0.2) is 66.1 Å².